The van der Waals surface area contributed by atoms with E-state index in [1.54, 1.807) is 23.1 Å². The van der Waals surface area contributed by atoms with Gasteiger partial charge in [-0.25, -0.2) is 0 Å². The molecule has 2 amide bonds. The molecule has 1 spiro atoms. The summed E-state index contributed by atoms with van der Waals surface area (Å²) in [5, 5.41) is 9.97. The first-order valence-corrected chi connectivity index (χ1v) is 17.0. The highest BCUT2D eigenvalue weighted by atomic mass is 35.5. The number of anilines is 2. The summed E-state index contributed by atoms with van der Waals surface area (Å²) < 4.78 is 6.82. The third kappa shape index (κ3) is 4.62. The number of rotatable bonds is 6. The van der Waals surface area contributed by atoms with E-state index < -0.39 is 22.8 Å². The molecule has 2 aromatic heterocycles. The molecule has 47 heavy (non-hydrogen) atoms. The minimum atomic E-state index is -1.84. The Kier molecular flexibility index (Phi) is 7.05. The lowest BCUT2D eigenvalue weighted by molar-refractivity contribution is -0.121. The van der Waals surface area contributed by atoms with E-state index in [2.05, 4.69) is 10.2 Å². The van der Waals surface area contributed by atoms with Crippen molar-refractivity contribution in [2.45, 2.75) is 36.0 Å². The van der Waals surface area contributed by atoms with E-state index in [-0.39, 0.29) is 28.6 Å². The number of amides is 2. The minimum absolute atomic E-state index is 0.00461. The summed E-state index contributed by atoms with van der Waals surface area (Å²) in [6, 6.07) is 28.0. The Morgan fingerprint density at radius 3 is 2.38 bits per heavy atom. The molecule has 232 valence electrons. The predicted octanol–water partition coefficient (Wildman–Crippen LogP) is 7.66. The molecule has 0 saturated heterocycles. The van der Waals surface area contributed by atoms with E-state index in [1.807, 2.05) is 86.6 Å². The monoisotopic (exact) mass is 676 g/mol. The smallest absolute Gasteiger partial charge is 0.297 e. The van der Waals surface area contributed by atoms with Crippen molar-refractivity contribution < 1.29 is 14.0 Å². The van der Waals surface area contributed by atoms with Crippen LogP contribution in [0.5, 0.6) is 0 Å². The van der Waals surface area contributed by atoms with E-state index in [0.29, 0.717) is 31.8 Å². The fourth-order valence-corrected chi connectivity index (χ4v) is 8.36. The molecule has 6 aromatic rings. The number of carbonyl (C=O) groups is 2. The molecule has 0 bridgehead atoms. The number of hydrogen-bond donors (Lipinski definition) is 0. The summed E-state index contributed by atoms with van der Waals surface area (Å²) in [4.78, 5) is 47.2. The van der Waals surface area contributed by atoms with Crippen molar-refractivity contribution in [2.75, 3.05) is 9.80 Å². The Bertz CT molecular complexity index is 2300. The standard InChI is InChI=1S/C36H25ClN4O4S2/c1-20-7-10-22(11-8-20)18-40-27-6-4-3-5-26(27)36(33(40)44)29-30(42)25-17-21(2)9-16-28(25)45-31(29)32(43)41(36)34-38-39-35(47-34)46-19-23-12-14-24(37)15-13-23/h3-17H,18-19H2,1-2H3. The van der Waals surface area contributed by atoms with E-state index in [9.17, 15) is 9.59 Å². The van der Waals surface area contributed by atoms with Crippen LogP contribution in [0.15, 0.2) is 105 Å². The number of nitrogens with zero attached hydrogens (tertiary/aromatic N) is 4. The van der Waals surface area contributed by atoms with Crippen LogP contribution in [0.1, 0.15) is 43.9 Å². The molecule has 4 heterocycles. The number of benzene rings is 4. The summed E-state index contributed by atoms with van der Waals surface area (Å²) in [6.45, 7) is 4.12. The third-order valence-corrected chi connectivity index (χ3v) is 11.0. The summed E-state index contributed by atoms with van der Waals surface area (Å²) in [5.74, 6) is -0.624. The number of para-hydroxylation sites is 1. The van der Waals surface area contributed by atoms with Crippen LogP contribution in [0.3, 0.4) is 0 Å². The molecule has 2 aliphatic rings. The highest BCUT2D eigenvalue weighted by Crippen LogP contribution is 2.55. The molecular weight excluding hydrogens is 652 g/mol. The summed E-state index contributed by atoms with van der Waals surface area (Å²) in [7, 11) is 0. The molecule has 1 unspecified atom stereocenters. The second kappa shape index (κ2) is 11.2. The van der Waals surface area contributed by atoms with Gasteiger partial charge in [-0.2, -0.15) is 0 Å². The third-order valence-electron chi connectivity index (χ3n) is 8.60. The van der Waals surface area contributed by atoms with Crippen LogP contribution in [0.2, 0.25) is 5.02 Å². The van der Waals surface area contributed by atoms with Gasteiger partial charge in [-0.3, -0.25) is 19.3 Å². The summed E-state index contributed by atoms with van der Waals surface area (Å²) in [6.07, 6.45) is 0. The zero-order valence-electron chi connectivity index (χ0n) is 25.2. The van der Waals surface area contributed by atoms with Gasteiger partial charge in [0.05, 0.1) is 23.2 Å². The summed E-state index contributed by atoms with van der Waals surface area (Å²) >= 11 is 8.70. The molecule has 11 heteroatoms. The van der Waals surface area contributed by atoms with E-state index >= 15 is 4.79 Å². The van der Waals surface area contributed by atoms with Crippen LogP contribution in [-0.2, 0) is 22.6 Å². The normalized spacial score (nSPS) is 16.8. The van der Waals surface area contributed by atoms with Crippen LogP contribution in [0.4, 0.5) is 10.8 Å². The Morgan fingerprint density at radius 2 is 1.60 bits per heavy atom. The van der Waals surface area contributed by atoms with Crippen LogP contribution in [-0.4, -0.2) is 22.0 Å². The maximum absolute atomic E-state index is 15.1. The molecular formula is C36H25ClN4O4S2. The molecule has 8 rings (SSSR count). The van der Waals surface area contributed by atoms with Crippen molar-refractivity contribution in [3.63, 3.8) is 0 Å². The number of carbonyl (C=O) groups excluding carboxylic acids is 2. The lowest BCUT2D eigenvalue weighted by atomic mass is 9.84. The van der Waals surface area contributed by atoms with Crippen molar-refractivity contribution in [3.8, 4) is 0 Å². The maximum atomic E-state index is 15.1. The molecule has 0 radical (unpaired) electrons. The Labute approximate surface area is 282 Å². The van der Waals surface area contributed by atoms with Crippen molar-refractivity contribution in [1.29, 1.82) is 0 Å². The fourth-order valence-electron chi connectivity index (χ4n) is 6.39. The van der Waals surface area contributed by atoms with Crippen LogP contribution >= 0.6 is 34.7 Å². The SMILES string of the molecule is Cc1ccc(CN2C(=O)C3(c4ccccc42)c2c(oc4ccc(C)cc4c2=O)C(=O)N3c2nnc(SCc3ccc(Cl)cc3)s2)cc1. The molecule has 8 nitrogen and oxygen atoms in total. The lowest BCUT2D eigenvalue weighted by Gasteiger charge is -2.32. The Balaban J connectivity index is 1.31. The number of hydrogen-bond acceptors (Lipinski definition) is 8. The average Bonchev–Trinajstić information content (AvgIpc) is 3.71. The fraction of sp³-hybridized carbons (Fsp3) is 0.139. The quantitative estimate of drug-likeness (QED) is 0.132. The summed E-state index contributed by atoms with van der Waals surface area (Å²) in [5.41, 5.74) is 3.01. The van der Waals surface area contributed by atoms with Gasteiger partial charge in [-0.05, 0) is 55.3 Å². The molecule has 0 saturated carbocycles. The van der Waals surface area contributed by atoms with Crippen LogP contribution in [0.25, 0.3) is 11.0 Å². The van der Waals surface area contributed by atoms with Gasteiger partial charge in [0.15, 0.2) is 15.3 Å². The number of fused-ring (bicyclic) bond motifs is 5. The lowest BCUT2D eigenvalue weighted by Crippen LogP contribution is -2.53. The zero-order valence-corrected chi connectivity index (χ0v) is 27.6. The van der Waals surface area contributed by atoms with Gasteiger partial charge in [0.25, 0.3) is 11.8 Å². The molecule has 2 aliphatic heterocycles. The molecule has 0 N–H and O–H groups in total. The first kappa shape index (κ1) is 29.6. The maximum Gasteiger partial charge on any atom is 0.297 e. The number of thioether (sulfide) groups is 1. The van der Waals surface area contributed by atoms with E-state index in [0.717, 1.165) is 22.3 Å². The largest absolute Gasteiger partial charge is 0.450 e. The second-order valence-corrected chi connectivity index (χ2v) is 14.3. The molecule has 0 fully saturated rings. The van der Waals surface area contributed by atoms with Gasteiger partial charge in [0.2, 0.25) is 10.9 Å². The number of aryl methyl sites for hydroxylation is 2. The highest BCUT2D eigenvalue weighted by molar-refractivity contribution is 8.00. The van der Waals surface area contributed by atoms with Crippen molar-refractivity contribution >= 4 is 68.3 Å². The first-order chi connectivity index (χ1) is 22.8. The van der Waals surface area contributed by atoms with E-state index in [1.165, 1.54) is 28.0 Å². The van der Waals surface area contributed by atoms with E-state index in [4.69, 9.17) is 16.0 Å². The molecule has 1 atom stereocenters. The second-order valence-electron chi connectivity index (χ2n) is 11.6. The Hall–Kier alpha value is -4.77. The van der Waals surface area contributed by atoms with Gasteiger partial charge in [-0.15, -0.1) is 10.2 Å². The van der Waals surface area contributed by atoms with Gasteiger partial charge >= 0.3 is 0 Å². The number of aromatic nitrogens is 2. The van der Waals surface area contributed by atoms with Crippen molar-refractivity contribution in [3.05, 3.63) is 145 Å². The zero-order chi connectivity index (χ0) is 32.4. The Morgan fingerprint density at radius 1 is 0.872 bits per heavy atom. The van der Waals surface area contributed by atoms with Gasteiger partial charge in [-0.1, -0.05) is 106 Å². The minimum Gasteiger partial charge on any atom is -0.450 e. The highest BCUT2D eigenvalue weighted by Gasteiger charge is 2.66. The van der Waals surface area contributed by atoms with Gasteiger partial charge in [0, 0.05) is 16.3 Å². The first-order valence-electron chi connectivity index (χ1n) is 14.9. The average molecular weight is 677 g/mol. The molecule has 0 aliphatic carbocycles. The van der Waals surface area contributed by atoms with Gasteiger partial charge in [0.1, 0.15) is 5.58 Å². The van der Waals surface area contributed by atoms with Crippen LogP contribution < -0.4 is 15.2 Å². The topological polar surface area (TPSA) is 96.6 Å². The number of halogens is 1. The van der Waals surface area contributed by atoms with Crippen molar-refractivity contribution in [1.82, 2.24) is 10.2 Å². The predicted molar refractivity (Wildman–Crippen MR) is 185 cm³/mol. The van der Waals surface area contributed by atoms with Crippen LogP contribution in [0, 0.1) is 13.8 Å². The van der Waals surface area contributed by atoms with Crippen molar-refractivity contribution in [2.24, 2.45) is 0 Å². The molecule has 4 aromatic carbocycles. The van der Waals surface area contributed by atoms with Gasteiger partial charge < -0.3 is 9.32 Å².